The van der Waals surface area contributed by atoms with Gasteiger partial charge in [0, 0.05) is 45.9 Å². The highest BCUT2D eigenvalue weighted by Crippen LogP contribution is 2.14. The number of ether oxygens (including phenoxy) is 1. The van der Waals surface area contributed by atoms with Crippen LogP contribution >= 0.6 is 24.8 Å². The first kappa shape index (κ1) is 24.1. The van der Waals surface area contributed by atoms with Crippen molar-refractivity contribution in [2.24, 2.45) is 0 Å². The molecule has 1 unspecified atom stereocenters. The predicted octanol–water partition coefficient (Wildman–Crippen LogP) is 2.19. The lowest BCUT2D eigenvalue weighted by Gasteiger charge is -2.26. The smallest absolute Gasteiger partial charge is 0.236 e. The molecule has 0 aliphatic carbocycles. The van der Waals surface area contributed by atoms with E-state index in [1.807, 2.05) is 11.0 Å². The summed E-state index contributed by atoms with van der Waals surface area (Å²) in [5, 5.41) is 3.14. The second-order valence-corrected chi connectivity index (χ2v) is 6.14. The molecular formula is C18H31Cl2N3O2. The number of methoxy groups -OCH3 is 1. The van der Waals surface area contributed by atoms with Crippen LogP contribution in [-0.2, 0) is 16.1 Å². The van der Waals surface area contributed by atoms with E-state index in [4.69, 9.17) is 4.74 Å². The van der Waals surface area contributed by atoms with Gasteiger partial charge >= 0.3 is 0 Å². The summed E-state index contributed by atoms with van der Waals surface area (Å²) in [6.07, 6.45) is 1.02. The number of nitrogens with one attached hydrogen (secondary N) is 1. The number of hydrogen-bond donors (Lipinski definition) is 1. The van der Waals surface area contributed by atoms with Crippen molar-refractivity contribution in [1.82, 2.24) is 15.1 Å². The summed E-state index contributed by atoms with van der Waals surface area (Å²) in [6.45, 7) is 7.54. The van der Waals surface area contributed by atoms with Crippen LogP contribution in [0.15, 0.2) is 30.3 Å². The Balaban J connectivity index is 0.00000288. The lowest BCUT2D eigenvalue weighted by Crippen LogP contribution is -2.41. The van der Waals surface area contributed by atoms with Gasteiger partial charge in [0.2, 0.25) is 5.91 Å². The van der Waals surface area contributed by atoms with Crippen molar-refractivity contribution in [3.63, 3.8) is 0 Å². The molecule has 5 nitrogen and oxygen atoms in total. The molecule has 2 rings (SSSR count). The minimum atomic E-state index is 0. The fourth-order valence-corrected chi connectivity index (χ4v) is 2.89. The minimum absolute atomic E-state index is 0. The maximum atomic E-state index is 12.3. The largest absolute Gasteiger partial charge is 0.383 e. The van der Waals surface area contributed by atoms with Crippen molar-refractivity contribution in [2.45, 2.75) is 25.9 Å². The van der Waals surface area contributed by atoms with E-state index in [-0.39, 0.29) is 30.7 Å². The van der Waals surface area contributed by atoms with Crippen molar-refractivity contribution in [3.05, 3.63) is 35.9 Å². The number of nitrogens with zero attached hydrogens (tertiary/aromatic N) is 2. The van der Waals surface area contributed by atoms with E-state index >= 15 is 0 Å². The van der Waals surface area contributed by atoms with Crippen LogP contribution in [0.3, 0.4) is 0 Å². The van der Waals surface area contributed by atoms with Gasteiger partial charge in [-0.1, -0.05) is 30.3 Å². The maximum absolute atomic E-state index is 12.3. The molecule has 0 radical (unpaired) electrons. The van der Waals surface area contributed by atoms with E-state index in [0.717, 1.165) is 32.6 Å². The van der Waals surface area contributed by atoms with Gasteiger partial charge in [-0.15, -0.1) is 24.8 Å². The Hall–Kier alpha value is -0.850. The molecule has 144 valence electrons. The van der Waals surface area contributed by atoms with Gasteiger partial charge in [-0.2, -0.15) is 0 Å². The third kappa shape index (κ3) is 8.38. The molecule has 0 spiro atoms. The molecule has 1 aromatic rings. The molecule has 1 fully saturated rings. The van der Waals surface area contributed by atoms with Gasteiger partial charge in [0.15, 0.2) is 0 Å². The van der Waals surface area contributed by atoms with Crippen LogP contribution in [-0.4, -0.2) is 68.2 Å². The SMILES string of the molecule is COCCNCC(=O)N1CCC(C)N(Cc2ccccc2)CC1.Cl.Cl. The van der Waals surface area contributed by atoms with Gasteiger partial charge in [-0.3, -0.25) is 9.69 Å². The van der Waals surface area contributed by atoms with Gasteiger partial charge < -0.3 is 15.0 Å². The van der Waals surface area contributed by atoms with Gasteiger partial charge in [-0.25, -0.2) is 0 Å². The third-order valence-corrected chi connectivity index (χ3v) is 4.44. The molecule has 1 saturated heterocycles. The van der Waals surface area contributed by atoms with Crippen molar-refractivity contribution in [2.75, 3.05) is 46.4 Å². The number of amides is 1. The van der Waals surface area contributed by atoms with E-state index in [0.29, 0.717) is 25.7 Å². The number of benzene rings is 1. The summed E-state index contributed by atoms with van der Waals surface area (Å²) < 4.78 is 4.98. The van der Waals surface area contributed by atoms with E-state index in [1.165, 1.54) is 5.56 Å². The molecule has 0 aromatic heterocycles. The van der Waals surface area contributed by atoms with Gasteiger partial charge in [0.25, 0.3) is 0 Å². The van der Waals surface area contributed by atoms with Crippen LogP contribution in [0.1, 0.15) is 18.9 Å². The van der Waals surface area contributed by atoms with Crippen LogP contribution in [0, 0.1) is 0 Å². The fraction of sp³-hybridized carbons (Fsp3) is 0.611. The summed E-state index contributed by atoms with van der Waals surface area (Å²) in [5.74, 6) is 0.190. The quantitative estimate of drug-likeness (QED) is 0.723. The second kappa shape index (κ2) is 13.4. The monoisotopic (exact) mass is 391 g/mol. The zero-order chi connectivity index (χ0) is 16.5. The Bertz CT molecular complexity index is 477. The van der Waals surface area contributed by atoms with Crippen LogP contribution in [0.25, 0.3) is 0 Å². The molecule has 25 heavy (non-hydrogen) atoms. The Morgan fingerprint density at radius 3 is 2.60 bits per heavy atom. The molecule has 0 bridgehead atoms. The first-order chi connectivity index (χ1) is 11.2. The molecule has 1 aliphatic rings. The van der Waals surface area contributed by atoms with Crippen molar-refractivity contribution >= 4 is 30.7 Å². The molecular weight excluding hydrogens is 361 g/mol. The summed E-state index contributed by atoms with van der Waals surface area (Å²) >= 11 is 0. The molecule has 1 N–H and O–H groups in total. The standard InChI is InChI=1S/C18H29N3O2.2ClH/c1-16-8-10-20(18(22)14-19-9-13-23-2)11-12-21(16)15-17-6-4-3-5-7-17;;/h3-7,16,19H,8-15H2,1-2H3;2*1H. The number of halogens is 2. The highest BCUT2D eigenvalue weighted by atomic mass is 35.5. The maximum Gasteiger partial charge on any atom is 0.236 e. The molecule has 0 saturated carbocycles. The average molecular weight is 392 g/mol. The highest BCUT2D eigenvalue weighted by molar-refractivity contribution is 5.85. The lowest BCUT2D eigenvalue weighted by molar-refractivity contribution is -0.130. The first-order valence-electron chi connectivity index (χ1n) is 8.46. The zero-order valence-electron chi connectivity index (χ0n) is 15.1. The van der Waals surface area contributed by atoms with Gasteiger partial charge in [0.05, 0.1) is 13.2 Å². The van der Waals surface area contributed by atoms with E-state index in [2.05, 4.69) is 41.4 Å². The number of hydrogen-bond acceptors (Lipinski definition) is 4. The van der Waals surface area contributed by atoms with Crippen LogP contribution in [0.4, 0.5) is 0 Å². The van der Waals surface area contributed by atoms with Gasteiger partial charge in [-0.05, 0) is 18.9 Å². The third-order valence-electron chi connectivity index (χ3n) is 4.44. The predicted molar refractivity (Wildman–Crippen MR) is 107 cm³/mol. The van der Waals surface area contributed by atoms with Gasteiger partial charge in [0.1, 0.15) is 0 Å². The van der Waals surface area contributed by atoms with Crippen LogP contribution in [0.2, 0.25) is 0 Å². The van der Waals surface area contributed by atoms with Crippen molar-refractivity contribution < 1.29 is 9.53 Å². The average Bonchev–Trinajstić information content (AvgIpc) is 2.75. The lowest BCUT2D eigenvalue weighted by atomic mass is 10.1. The Morgan fingerprint density at radius 1 is 1.20 bits per heavy atom. The fourth-order valence-electron chi connectivity index (χ4n) is 2.89. The minimum Gasteiger partial charge on any atom is -0.383 e. The molecule has 1 aromatic carbocycles. The number of carbonyl (C=O) groups is 1. The first-order valence-corrected chi connectivity index (χ1v) is 8.46. The Labute approximate surface area is 163 Å². The van der Waals surface area contributed by atoms with E-state index in [1.54, 1.807) is 7.11 Å². The van der Waals surface area contributed by atoms with Crippen LogP contribution in [0.5, 0.6) is 0 Å². The molecule has 1 atom stereocenters. The Morgan fingerprint density at radius 2 is 1.92 bits per heavy atom. The Kier molecular flexibility index (Phi) is 12.9. The summed E-state index contributed by atoms with van der Waals surface area (Å²) in [5.41, 5.74) is 1.33. The topological polar surface area (TPSA) is 44.8 Å². The molecule has 7 heteroatoms. The molecule has 1 heterocycles. The number of rotatable bonds is 7. The normalized spacial score (nSPS) is 18.0. The van der Waals surface area contributed by atoms with Crippen molar-refractivity contribution in [1.29, 1.82) is 0 Å². The molecule has 1 aliphatic heterocycles. The number of carbonyl (C=O) groups excluding carboxylic acids is 1. The van der Waals surface area contributed by atoms with Crippen LogP contribution < -0.4 is 5.32 Å². The zero-order valence-corrected chi connectivity index (χ0v) is 16.8. The van der Waals surface area contributed by atoms with E-state index < -0.39 is 0 Å². The molecule has 1 amide bonds. The summed E-state index contributed by atoms with van der Waals surface area (Å²) in [7, 11) is 1.67. The summed E-state index contributed by atoms with van der Waals surface area (Å²) in [6, 6.07) is 11.0. The summed E-state index contributed by atoms with van der Waals surface area (Å²) in [4.78, 5) is 16.8. The second-order valence-electron chi connectivity index (χ2n) is 6.14. The van der Waals surface area contributed by atoms with E-state index in [9.17, 15) is 4.79 Å². The highest BCUT2D eigenvalue weighted by Gasteiger charge is 2.23. The van der Waals surface area contributed by atoms with Crippen molar-refractivity contribution in [3.8, 4) is 0 Å².